The Balaban J connectivity index is 1.56. The summed E-state index contributed by atoms with van der Waals surface area (Å²) in [7, 11) is 0. The van der Waals surface area contributed by atoms with Crippen molar-refractivity contribution < 1.29 is 4.39 Å². The number of nitrogens with zero attached hydrogens (tertiary/aromatic N) is 4. The first kappa shape index (κ1) is 17.8. The van der Waals surface area contributed by atoms with Crippen LogP contribution in [0.15, 0.2) is 54.9 Å². The molecule has 0 radical (unpaired) electrons. The number of aromatic nitrogens is 4. The van der Waals surface area contributed by atoms with Crippen LogP contribution in [0.5, 0.6) is 0 Å². The summed E-state index contributed by atoms with van der Waals surface area (Å²) in [6, 6.07) is 12.9. The van der Waals surface area contributed by atoms with Gasteiger partial charge in [-0.3, -0.25) is 0 Å². The smallest absolute Gasteiger partial charge is 0.223 e. The van der Waals surface area contributed by atoms with Crippen molar-refractivity contribution in [1.29, 1.82) is 0 Å². The maximum atomic E-state index is 13.3. The normalized spacial score (nSPS) is 14.6. The molecule has 5 nitrogen and oxygen atoms in total. The summed E-state index contributed by atoms with van der Waals surface area (Å²) < 4.78 is 15.2. The summed E-state index contributed by atoms with van der Waals surface area (Å²) in [6.45, 7) is 2.04. The number of pyridine rings is 1. The Kier molecular flexibility index (Phi) is 4.46. The van der Waals surface area contributed by atoms with Gasteiger partial charge in [-0.2, -0.15) is 5.10 Å². The van der Waals surface area contributed by atoms with Gasteiger partial charge in [-0.1, -0.05) is 12.8 Å². The Bertz CT molecular complexity index is 1160. The van der Waals surface area contributed by atoms with Crippen LogP contribution >= 0.6 is 0 Å². The average molecular weight is 387 g/mol. The van der Waals surface area contributed by atoms with E-state index in [1.807, 2.05) is 29.8 Å². The third-order valence-corrected chi connectivity index (χ3v) is 5.47. The average Bonchev–Trinajstić information content (AvgIpc) is 3.38. The number of aryl methyl sites for hydroxylation is 1. The fourth-order valence-corrected chi connectivity index (χ4v) is 4.02. The number of halogens is 1. The second-order valence-electron chi connectivity index (χ2n) is 7.69. The van der Waals surface area contributed by atoms with Crippen molar-refractivity contribution in [3.8, 4) is 22.5 Å². The number of hydrogen-bond donors (Lipinski definition) is 1. The molecule has 4 aromatic rings. The molecule has 146 valence electrons. The SMILES string of the molecule is Cc1cc(-c2ccnc(NC3CCCC3)n2)c2cc(-c3ccc(F)cc3)nn2c1. The Morgan fingerprint density at radius 2 is 1.83 bits per heavy atom. The molecule has 0 aliphatic heterocycles. The van der Waals surface area contributed by atoms with Gasteiger partial charge in [0.15, 0.2) is 0 Å². The molecule has 3 heterocycles. The van der Waals surface area contributed by atoms with Crippen LogP contribution in [-0.2, 0) is 0 Å². The van der Waals surface area contributed by atoms with E-state index < -0.39 is 0 Å². The number of fused-ring (bicyclic) bond motifs is 1. The fourth-order valence-electron chi connectivity index (χ4n) is 4.02. The van der Waals surface area contributed by atoms with Crippen LogP contribution in [0.3, 0.4) is 0 Å². The van der Waals surface area contributed by atoms with Gasteiger partial charge in [-0.15, -0.1) is 0 Å². The van der Waals surface area contributed by atoms with Crippen LogP contribution in [0.1, 0.15) is 31.2 Å². The van der Waals surface area contributed by atoms with Crippen LogP contribution in [-0.4, -0.2) is 25.6 Å². The fraction of sp³-hybridized carbons (Fsp3) is 0.261. The van der Waals surface area contributed by atoms with Crippen LogP contribution in [0.2, 0.25) is 0 Å². The van der Waals surface area contributed by atoms with Gasteiger partial charge in [0.25, 0.3) is 0 Å². The van der Waals surface area contributed by atoms with Gasteiger partial charge in [-0.25, -0.2) is 18.9 Å². The summed E-state index contributed by atoms with van der Waals surface area (Å²) in [4.78, 5) is 9.19. The molecule has 3 aromatic heterocycles. The van der Waals surface area contributed by atoms with E-state index in [0.717, 1.165) is 33.6 Å². The van der Waals surface area contributed by atoms with Crippen molar-refractivity contribution in [2.24, 2.45) is 0 Å². The molecule has 1 aliphatic rings. The molecular formula is C23H22FN5. The Morgan fingerprint density at radius 3 is 2.62 bits per heavy atom. The van der Waals surface area contributed by atoms with Gasteiger partial charge in [0.1, 0.15) is 5.82 Å². The van der Waals surface area contributed by atoms with Gasteiger partial charge in [0.2, 0.25) is 5.95 Å². The Labute approximate surface area is 168 Å². The van der Waals surface area contributed by atoms with E-state index in [2.05, 4.69) is 16.4 Å². The number of nitrogens with one attached hydrogen (secondary N) is 1. The quantitative estimate of drug-likeness (QED) is 0.519. The lowest BCUT2D eigenvalue weighted by molar-refractivity contribution is 0.628. The van der Waals surface area contributed by atoms with Crippen molar-refractivity contribution in [2.45, 2.75) is 38.6 Å². The third kappa shape index (κ3) is 3.58. The molecule has 1 fully saturated rings. The minimum Gasteiger partial charge on any atom is -0.351 e. The zero-order valence-electron chi connectivity index (χ0n) is 16.3. The van der Waals surface area contributed by atoms with Gasteiger partial charge in [0.05, 0.1) is 16.9 Å². The number of hydrogen-bond acceptors (Lipinski definition) is 4. The molecule has 1 N–H and O–H groups in total. The van der Waals surface area contributed by atoms with Crippen molar-refractivity contribution in [3.63, 3.8) is 0 Å². The van der Waals surface area contributed by atoms with Crippen LogP contribution < -0.4 is 5.32 Å². The number of rotatable bonds is 4. The largest absolute Gasteiger partial charge is 0.351 e. The molecule has 1 aromatic carbocycles. The lowest BCUT2D eigenvalue weighted by atomic mass is 10.1. The summed E-state index contributed by atoms with van der Waals surface area (Å²) in [5.74, 6) is 0.421. The van der Waals surface area contributed by atoms with Crippen LogP contribution in [0, 0.1) is 12.7 Å². The predicted molar refractivity (Wildman–Crippen MR) is 112 cm³/mol. The van der Waals surface area contributed by atoms with Crippen molar-refractivity contribution in [1.82, 2.24) is 19.6 Å². The molecule has 5 rings (SSSR count). The van der Waals surface area contributed by atoms with Crippen molar-refractivity contribution in [3.05, 3.63) is 66.2 Å². The lowest BCUT2D eigenvalue weighted by Gasteiger charge is -2.12. The van der Waals surface area contributed by atoms with E-state index in [-0.39, 0.29) is 5.82 Å². The minimum absolute atomic E-state index is 0.252. The zero-order chi connectivity index (χ0) is 19.8. The number of benzene rings is 1. The van der Waals surface area contributed by atoms with Gasteiger partial charge >= 0.3 is 0 Å². The maximum Gasteiger partial charge on any atom is 0.223 e. The maximum absolute atomic E-state index is 13.3. The molecule has 29 heavy (non-hydrogen) atoms. The first-order valence-corrected chi connectivity index (χ1v) is 10.0. The summed E-state index contributed by atoms with van der Waals surface area (Å²) in [5, 5.41) is 8.17. The van der Waals surface area contributed by atoms with E-state index in [4.69, 9.17) is 10.1 Å². The zero-order valence-corrected chi connectivity index (χ0v) is 16.3. The molecule has 0 atom stereocenters. The first-order valence-electron chi connectivity index (χ1n) is 10.0. The highest BCUT2D eigenvalue weighted by Gasteiger charge is 2.17. The molecule has 1 saturated carbocycles. The predicted octanol–water partition coefficient (Wildman–Crippen LogP) is 5.26. The van der Waals surface area contributed by atoms with E-state index in [0.29, 0.717) is 12.0 Å². The second-order valence-corrected chi connectivity index (χ2v) is 7.69. The molecule has 6 heteroatoms. The molecule has 0 amide bonds. The van der Waals surface area contributed by atoms with Crippen LogP contribution in [0.25, 0.3) is 28.0 Å². The van der Waals surface area contributed by atoms with E-state index >= 15 is 0 Å². The van der Waals surface area contributed by atoms with E-state index in [9.17, 15) is 4.39 Å². The van der Waals surface area contributed by atoms with Gasteiger partial charge in [-0.05, 0) is 67.8 Å². The topological polar surface area (TPSA) is 55.1 Å². The monoisotopic (exact) mass is 387 g/mol. The number of anilines is 1. The molecular weight excluding hydrogens is 365 g/mol. The summed E-state index contributed by atoms with van der Waals surface area (Å²) in [6.07, 6.45) is 8.66. The highest BCUT2D eigenvalue weighted by Crippen LogP contribution is 2.29. The lowest BCUT2D eigenvalue weighted by Crippen LogP contribution is -2.16. The third-order valence-electron chi connectivity index (χ3n) is 5.47. The highest BCUT2D eigenvalue weighted by molar-refractivity contribution is 5.82. The first-order chi connectivity index (χ1) is 14.2. The van der Waals surface area contributed by atoms with Gasteiger partial charge < -0.3 is 5.32 Å². The summed E-state index contributed by atoms with van der Waals surface area (Å²) in [5.41, 5.74) is 5.59. The van der Waals surface area contributed by atoms with Gasteiger partial charge in [0, 0.05) is 29.6 Å². The molecule has 0 saturated heterocycles. The summed E-state index contributed by atoms with van der Waals surface area (Å²) >= 11 is 0. The van der Waals surface area contributed by atoms with Crippen LogP contribution in [0.4, 0.5) is 10.3 Å². The standard InChI is InChI=1S/C23H22FN5/c1-15-12-19(20-10-11-25-23(27-20)26-18-4-2-3-5-18)22-13-21(28-29(22)14-15)16-6-8-17(24)9-7-16/h6-14,18H,2-5H2,1H3,(H,25,26,27). The van der Waals surface area contributed by atoms with Crippen molar-refractivity contribution >= 4 is 11.5 Å². The van der Waals surface area contributed by atoms with E-state index in [1.165, 1.54) is 37.8 Å². The molecule has 0 unspecified atom stereocenters. The molecule has 0 spiro atoms. The van der Waals surface area contributed by atoms with E-state index in [1.54, 1.807) is 18.3 Å². The Morgan fingerprint density at radius 1 is 1.03 bits per heavy atom. The molecule has 1 aliphatic carbocycles. The molecule has 0 bridgehead atoms. The Hall–Kier alpha value is -3.28. The second kappa shape index (κ2) is 7.28. The highest BCUT2D eigenvalue weighted by atomic mass is 19.1. The minimum atomic E-state index is -0.252. The van der Waals surface area contributed by atoms with Crippen molar-refractivity contribution in [2.75, 3.05) is 5.32 Å².